The van der Waals surface area contributed by atoms with Crippen molar-refractivity contribution in [3.05, 3.63) is 58.9 Å². The molecular formula is C16H15ClN2O. The van der Waals surface area contributed by atoms with E-state index in [1.54, 1.807) is 7.11 Å². The van der Waals surface area contributed by atoms with Gasteiger partial charge in [-0.05, 0) is 36.2 Å². The smallest absolute Gasteiger partial charge is 0.118 e. The van der Waals surface area contributed by atoms with Crippen LogP contribution in [-0.4, -0.2) is 17.1 Å². The fraction of sp³-hybridized carbons (Fsp3) is 0.188. The van der Waals surface area contributed by atoms with E-state index in [0.29, 0.717) is 5.02 Å². The Balaban J connectivity index is 1.74. The number of fused-ring (bicyclic) bond motifs is 1. The summed E-state index contributed by atoms with van der Waals surface area (Å²) in [5.74, 6) is 1.84. The molecule has 3 aromatic rings. The number of methoxy groups -OCH3 is 1. The molecule has 4 heteroatoms. The van der Waals surface area contributed by atoms with Gasteiger partial charge in [0.1, 0.15) is 17.1 Å². The van der Waals surface area contributed by atoms with Crippen LogP contribution in [0.1, 0.15) is 11.4 Å². The molecule has 0 fully saturated rings. The Hall–Kier alpha value is -2.00. The van der Waals surface area contributed by atoms with E-state index >= 15 is 0 Å². The van der Waals surface area contributed by atoms with Gasteiger partial charge in [-0.25, -0.2) is 4.98 Å². The van der Waals surface area contributed by atoms with Crippen LogP contribution in [0.25, 0.3) is 11.0 Å². The minimum Gasteiger partial charge on any atom is -0.497 e. The third kappa shape index (κ3) is 2.63. The first-order chi connectivity index (χ1) is 9.76. The molecule has 1 aromatic heterocycles. The van der Waals surface area contributed by atoms with Crippen molar-refractivity contribution in [3.8, 4) is 5.75 Å². The van der Waals surface area contributed by atoms with E-state index in [9.17, 15) is 0 Å². The maximum atomic E-state index is 6.12. The highest BCUT2D eigenvalue weighted by atomic mass is 35.5. The molecule has 0 aliphatic heterocycles. The average Bonchev–Trinajstić information content (AvgIpc) is 2.90. The number of imidazole rings is 1. The molecular weight excluding hydrogens is 272 g/mol. The monoisotopic (exact) mass is 286 g/mol. The number of hydrogen-bond donors (Lipinski definition) is 1. The van der Waals surface area contributed by atoms with Gasteiger partial charge in [0.15, 0.2) is 0 Å². The van der Waals surface area contributed by atoms with E-state index in [1.165, 1.54) is 5.56 Å². The SMILES string of the molecule is COc1ccc(CCc2nc3c(Cl)cccc3[nH]2)cc1. The van der Waals surface area contributed by atoms with Crippen LogP contribution in [0.4, 0.5) is 0 Å². The number of para-hydroxylation sites is 1. The lowest BCUT2D eigenvalue weighted by molar-refractivity contribution is 0.414. The minimum atomic E-state index is 0.689. The quantitative estimate of drug-likeness (QED) is 0.787. The molecule has 0 amide bonds. The van der Waals surface area contributed by atoms with Crippen LogP contribution in [0.2, 0.25) is 5.02 Å². The van der Waals surface area contributed by atoms with Crippen molar-refractivity contribution >= 4 is 22.6 Å². The van der Waals surface area contributed by atoms with Crippen LogP contribution in [0.3, 0.4) is 0 Å². The number of H-pyrrole nitrogens is 1. The first kappa shape index (κ1) is 13.0. The Bertz CT molecular complexity index is 719. The Morgan fingerprint density at radius 2 is 1.90 bits per heavy atom. The maximum Gasteiger partial charge on any atom is 0.118 e. The molecule has 0 aliphatic carbocycles. The van der Waals surface area contributed by atoms with Crippen molar-refractivity contribution < 1.29 is 4.74 Å². The molecule has 3 rings (SSSR count). The number of halogens is 1. The predicted molar refractivity (Wildman–Crippen MR) is 81.5 cm³/mol. The summed E-state index contributed by atoms with van der Waals surface area (Å²) in [6.07, 6.45) is 1.79. The molecule has 102 valence electrons. The molecule has 0 bridgehead atoms. The fourth-order valence-electron chi connectivity index (χ4n) is 2.22. The number of nitrogens with one attached hydrogen (secondary N) is 1. The van der Waals surface area contributed by atoms with E-state index in [2.05, 4.69) is 22.1 Å². The zero-order valence-electron chi connectivity index (χ0n) is 11.2. The van der Waals surface area contributed by atoms with Crippen LogP contribution in [0.15, 0.2) is 42.5 Å². The molecule has 1 N–H and O–H groups in total. The molecule has 20 heavy (non-hydrogen) atoms. The van der Waals surface area contributed by atoms with Gasteiger partial charge in [-0.15, -0.1) is 0 Å². The minimum absolute atomic E-state index is 0.689. The lowest BCUT2D eigenvalue weighted by atomic mass is 10.1. The summed E-state index contributed by atoms with van der Waals surface area (Å²) >= 11 is 6.12. The fourth-order valence-corrected chi connectivity index (χ4v) is 2.44. The lowest BCUT2D eigenvalue weighted by Gasteiger charge is -2.02. The van der Waals surface area contributed by atoms with E-state index < -0.39 is 0 Å². The van der Waals surface area contributed by atoms with Crippen molar-refractivity contribution in [2.45, 2.75) is 12.8 Å². The number of benzene rings is 2. The van der Waals surface area contributed by atoms with Crippen molar-refractivity contribution in [2.75, 3.05) is 7.11 Å². The molecule has 3 nitrogen and oxygen atoms in total. The lowest BCUT2D eigenvalue weighted by Crippen LogP contribution is -1.93. The van der Waals surface area contributed by atoms with E-state index in [1.807, 2.05) is 30.3 Å². The summed E-state index contributed by atoms with van der Waals surface area (Å²) in [5, 5.41) is 0.689. The zero-order chi connectivity index (χ0) is 13.9. The van der Waals surface area contributed by atoms with Gasteiger partial charge in [0.05, 0.1) is 17.6 Å². The summed E-state index contributed by atoms with van der Waals surface area (Å²) < 4.78 is 5.15. The van der Waals surface area contributed by atoms with Gasteiger partial charge in [0.2, 0.25) is 0 Å². The summed E-state index contributed by atoms with van der Waals surface area (Å²) in [6, 6.07) is 13.9. The third-order valence-electron chi connectivity index (χ3n) is 3.32. The third-order valence-corrected chi connectivity index (χ3v) is 3.63. The number of aryl methyl sites for hydroxylation is 2. The van der Waals surface area contributed by atoms with Crippen LogP contribution >= 0.6 is 11.6 Å². The summed E-state index contributed by atoms with van der Waals surface area (Å²) in [7, 11) is 1.67. The van der Waals surface area contributed by atoms with Gasteiger partial charge in [-0.2, -0.15) is 0 Å². The van der Waals surface area contributed by atoms with Crippen molar-refractivity contribution in [2.24, 2.45) is 0 Å². The Morgan fingerprint density at radius 3 is 2.60 bits per heavy atom. The van der Waals surface area contributed by atoms with Gasteiger partial charge in [-0.3, -0.25) is 0 Å². The van der Waals surface area contributed by atoms with Crippen LogP contribution in [0.5, 0.6) is 5.75 Å². The number of aromatic amines is 1. The molecule has 0 radical (unpaired) electrons. The summed E-state index contributed by atoms with van der Waals surface area (Å²) in [5.41, 5.74) is 3.10. The molecule has 0 saturated carbocycles. The second kappa shape index (κ2) is 5.55. The molecule has 0 saturated heterocycles. The largest absolute Gasteiger partial charge is 0.497 e. The number of nitrogens with zero attached hydrogens (tertiary/aromatic N) is 1. The van der Waals surface area contributed by atoms with E-state index in [0.717, 1.165) is 35.4 Å². The zero-order valence-corrected chi connectivity index (χ0v) is 11.9. The van der Waals surface area contributed by atoms with Gasteiger partial charge >= 0.3 is 0 Å². The van der Waals surface area contributed by atoms with Crippen LogP contribution < -0.4 is 4.74 Å². The molecule has 2 aromatic carbocycles. The van der Waals surface area contributed by atoms with Crippen LogP contribution in [0, 0.1) is 0 Å². The van der Waals surface area contributed by atoms with Crippen molar-refractivity contribution in [1.82, 2.24) is 9.97 Å². The normalized spacial score (nSPS) is 10.9. The van der Waals surface area contributed by atoms with Crippen molar-refractivity contribution in [3.63, 3.8) is 0 Å². The van der Waals surface area contributed by atoms with Gasteiger partial charge < -0.3 is 9.72 Å². The van der Waals surface area contributed by atoms with E-state index in [4.69, 9.17) is 16.3 Å². The second-order valence-corrected chi connectivity index (χ2v) is 5.07. The Labute approximate surface area is 122 Å². The van der Waals surface area contributed by atoms with Gasteiger partial charge in [0, 0.05) is 6.42 Å². The Kier molecular flexibility index (Phi) is 3.61. The molecule has 0 unspecified atom stereocenters. The highest BCUT2D eigenvalue weighted by Crippen LogP contribution is 2.21. The topological polar surface area (TPSA) is 37.9 Å². The Morgan fingerprint density at radius 1 is 1.10 bits per heavy atom. The highest BCUT2D eigenvalue weighted by Gasteiger charge is 2.06. The summed E-state index contributed by atoms with van der Waals surface area (Å²) in [4.78, 5) is 7.86. The first-order valence-corrected chi connectivity index (χ1v) is 6.90. The highest BCUT2D eigenvalue weighted by molar-refractivity contribution is 6.34. The second-order valence-electron chi connectivity index (χ2n) is 4.67. The number of ether oxygens (including phenoxy) is 1. The van der Waals surface area contributed by atoms with Crippen molar-refractivity contribution in [1.29, 1.82) is 0 Å². The standard InChI is InChI=1S/C16H15ClN2O/c1-20-12-8-5-11(6-9-12)7-10-15-18-14-4-2-3-13(17)16(14)19-15/h2-6,8-9H,7,10H2,1H3,(H,18,19). The van der Waals surface area contributed by atoms with Gasteiger partial charge in [-0.1, -0.05) is 29.8 Å². The number of rotatable bonds is 4. The molecule has 0 atom stereocenters. The molecule has 0 aliphatic rings. The van der Waals surface area contributed by atoms with E-state index in [-0.39, 0.29) is 0 Å². The predicted octanol–water partition coefficient (Wildman–Crippen LogP) is 4.01. The van der Waals surface area contributed by atoms with Gasteiger partial charge in [0.25, 0.3) is 0 Å². The average molecular weight is 287 g/mol. The first-order valence-electron chi connectivity index (χ1n) is 6.52. The molecule has 0 spiro atoms. The number of aromatic nitrogens is 2. The maximum absolute atomic E-state index is 6.12. The van der Waals surface area contributed by atoms with Crippen LogP contribution in [-0.2, 0) is 12.8 Å². The number of hydrogen-bond acceptors (Lipinski definition) is 2. The molecule has 1 heterocycles. The summed E-state index contributed by atoms with van der Waals surface area (Å²) in [6.45, 7) is 0.